The Morgan fingerprint density at radius 1 is 1.53 bits per heavy atom. The van der Waals surface area contributed by atoms with Gasteiger partial charge in [-0.2, -0.15) is 0 Å². The van der Waals surface area contributed by atoms with Crippen LogP contribution in [-0.4, -0.2) is 18.1 Å². The molecule has 3 heteroatoms. The van der Waals surface area contributed by atoms with Crippen LogP contribution < -0.4 is 0 Å². The number of hydrogen-bond acceptors (Lipinski definition) is 2. The molecule has 0 radical (unpaired) electrons. The summed E-state index contributed by atoms with van der Waals surface area (Å²) < 4.78 is 5.90. The summed E-state index contributed by atoms with van der Waals surface area (Å²) >= 11 is 7.88. The molecular formula is C12H17ClOS. The Morgan fingerprint density at radius 3 is 2.93 bits per heavy atom. The van der Waals surface area contributed by atoms with Crippen molar-refractivity contribution in [1.29, 1.82) is 0 Å². The molecule has 0 bridgehead atoms. The van der Waals surface area contributed by atoms with Gasteiger partial charge in [0, 0.05) is 17.9 Å². The number of rotatable bonds is 3. The van der Waals surface area contributed by atoms with Crippen molar-refractivity contribution in [2.45, 2.75) is 38.2 Å². The minimum absolute atomic E-state index is 0.0900. The number of alkyl halides is 1. The van der Waals surface area contributed by atoms with Gasteiger partial charge in [0.1, 0.15) is 0 Å². The normalized spacial score (nSPS) is 26.8. The van der Waals surface area contributed by atoms with Gasteiger partial charge in [-0.15, -0.1) is 22.9 Å². The average molecular weight is 245 g/mol. The summed E-state index contributed by atoms with van der Waals surface area (Å²) in [5.74, 6) is 0.613. The highest BCUT2D eigenvalue weighted by Crippen LogP contribution is 2.31. The molecule has 0 amide bonds. The fourth-order valence-electron chi connectivity index (χ4n) is 2.16. The van der Waals surface area contributed by atoms with Crippen LogP contribution in [-0.2, 0) is 11.2 Å². The van der Waals surface area contributed by atoms with E-state index in [0.29, 0.717) is 5.88 Å². The van der Waals surface area contributed by atoms with Crippen LogP contribution in [0, 0.1) is 6.92 Å². The zero-order valence-corrected chi connectivity index (χ0v) is 10.7. The molecule has 1 aromatic rings. The molecule has 0 spiro atoms. The zero-order chi connectivity index (χ0) is 10.7. The second-order valence-electron chi connectivity index (χ2n) is 4.36. The lowest BCUT2D eigenvalue weighted by Gasteiger charge is -2.35. The van der Waals surface area contributed by atoms with Crippen molar-refractivity contribution in [2.75, 3.05) is 12.5 Å². The first-order valence-corrected chi connectivity index (χ1v) is 6.89. The molecule has 0 aliphatic carbocycles. The summed E-state index contributed by atoms with van der Waals surface area (Å²) in [4.78, 5) is 1.37. The van der Waals surface area contributed by atoms with E-state index in [0.717, 1.165) is 19.4 Å². The van der Waals surface area contributed by atoms with Crippen LogP contribution >= 0.6 is 22.9 Å². The van der Waals surface area contributed by atoms with E-state index >= 15 is 0 Å². The third kappa shape index (κ3) is 2.74. The third-order valence-corrected chi connectivity index (χ3v) is 4.39. The third-order valence-electron chi connectivity index (χ3n) is 2.99. The smallest absolute Gasteiger partial charge is 0.0857 e. The molecule has 0 aromatic carbocycles. The molecule has 2 rings (SSSR count). The largest absolute Gasteiger partial charge is 0.373 e. The van der Waals surface area contributed by atoms with Crippen LogP contribution in [0.4, 0.5) is 0 Å². The molecule has 1 aromatic heterocycles. The van der Waals surface area contributed by atoms with Crippen molar-refractivity contribution in [1.82, 2.24) is 0 Å². The highest BCUT2D eigenvalue weighted by Gasteiger charge is 2.32. The summed E-state index contributed by atoms with van der Waals surface area (Å²) in [7, 11) is 0. The van der Waals surface area contributed by atoms with E-state index < -0.39 is 0 Å². The van der Waals surface area contributed by atoms with E-state index in [4.69, 9.17) is 16.3 Å². The molecule has 1 aliphatic rings. The molecule has 1 unspecified atom stereocenters. The van der Waals surface area contributed by atoms with Crippen LogP contribution in [0.3, 0.4) is 0 Å². The lowest BCUT2D eigenvalue weighted by Crippen LogP contribution is -2.40. The van der Waals surface area contributed by atoms with Crippen molar-refractivity contribution in [3.05, 3.63) is 21.9 Å². The second-order valence-corrected chi connectivity index (χ2v) is 5.75. The van der Waals surface area contributed by atoms with Crippen LogP contribution in [0.5, 0.6) is 0 Å². The summed E-state index contributed by atoms with van der Waals surface area (Å²) in [5.41, 5.74) is 1.29. The van der Waals surface area contributed by atoms with Crippen molar-refractivity contribution < 1.29 is 4.74 Å². The minimum Gasteiger partial charge on any atom is -0.373 e. The van der Waals surface area contributed by atoms with E-state index in [1.54, 1.807) is 11.3 Å². The Morgan fingerprint density at radius 2 is 2.40 bits per heavy atom. The van der Waals surface area contributed by atoms with Gasteiger partial charge in [-0.3, -0.25) is 0 Å². The van der Waals surface area contributed by atoms with Gasteiger partial charge in [0.15, 0.2) is 0 Å². The standard InChI is InChI=1S/C12H17ClOS/c1-10-6-11(8-15-10)7-12(9-13)4-2-3-5-14-12/h6,8H,2-5,7,9H2,1H3. The van der Waals surface area contributed by atoms with Crippen molar-refractivity contribution in [3.8, 4) is 0 Å². The molecule has 2 heterocycles. The zero-order valence-electron chi connectivity index (χ0n) is 9.09. The average Bonchev–Trinajstić information content (AvgIpc) is 2.65. The fourth-order valence-corrected chi connectivity index (χ4v) is 3.18. The number of halogens is 1. The Kier molecular flexibility index (Phi) is 3.70. The SMILES string of the molecule is Cc1cc(CC2(CCl)CCCCO2)cs1. The number of thiophene rings is 1. The molecule has 0 N–H and O–H groups in total. The lowest BCUT2D eigenvalue weighted by molar-refractivity contribution is -0.0615. The van der Waals surface area contributed by atoms with Gasteiger partial charge in [0.2, 0.25) is 0 Å². The molecule has 15 heavy (non-hydrogen) atoms. The molecule has 1 saturated heterocycles. The van der Waals surface area contributed by atoms with Gasteiger partial charge in [0.05, 0.1) is 11.5 Å². The van der Waals surface area contributed by atoms with E-state index in [9.17, 15) is 0 Å². The Balaban J connectivity index is 2.06. The van der Waals surface area contributed by atoms with Crippen LogP contribution in [0.1, 0.15) is 29.7 Å². The lowest BCUT2D eigenvalue weighted by atomic mass is 9.90. The molecule has 0 saturated carbocycles. The van der Waals surface area contributed by atoms with E-state index in [1.807, 2.05) is 0 Å². The summed E-state index contributed by atoms with van der Waals surface area (Å²) in [6.07, 6.45) is 4.50. The number of aryl methyl sites for hydroxylation is 1. The quantitative estimate of drug-likeness (QED) is 0.736. The Labute approximate surface area is 100 Å². The molecule has 1 fully saturated rings. The van der Waals surface area contributed by atoms with Crippen LogP contribution in [0.15, 0.2) is 11.4 Å². The summed E-state index contributed by atoms with van der Waals surface area (Å²) in [5, 5.41) is 2.22. The van der Waals surface area contributed by atoms with E-state index in [1.165, 1.54) is 23.3 Å². The predicted molar refractivity (Wildman–Crippen MR) is 66.0 cm³/mol. The number of hydrogen-bond donors (Lipinski definition) is 0. The molecule has 84 valence electrons. The molecule has 1 aliphatic heterocycles. The molecular weight excluding hydrogens is 228 g/mol. The van der Waals surface area contributed by atoms with E-state index in [-0.39, 0.29) is 5.60 Å². The topological polar surface area (TPSA) is 9.23 Å². The van der Waals surface area contributed by atoms with Crippen molar-refractivity contribution in [3.63, 3.8) is 0 Å². The van der Waals surface area contributed by atoms with Crippen molar-refractivity contribution >= 4 is 22.9 Å². The summed E-state index contributed by atoms with van der Waals surface area (Å²) in [6.45, 7) is 3.01. The van der Waals surface area contributed by atoms with Gasteiger partial charge < -0.3 is 4.74 Å². The molecule has 1 atom stereocenters. The maximum Gasteiger partial charge on any atom is 0.0857 e. The van der Waals surface area contributed by atoms with Crippen LogP contribution in [0.2, 0.25) is 0 Å². The molecule has 1 nitrogen and oxygen atoms in total. The highest BCUT2D eigenvalue weighted by atomic mass is 35.5. The number of ether oxygens (including phenoxy) is 1. The van der Waals surface area contributed by atoms with Gasteiger partial charge >= 0.3 is 0 Å². The van der Waals surface area contributed by atoms with Gasteiger partial charge in [-0.25, -0.2) is 0 Å². The van der Waals surface area contributed by atoms with Gasteiger partial charge in [-0.1, -0.05) is 0 Å². The van der Waals surface area contributed by atoms with E-state index in [2.05, 4.69) is 18.4 Å². The maximum atomic E-state index is 6.07. The monoisotopic (exact) mass is 244 g/mol. The van der Waals surface area contributed by atoms with Crippen molar-refractivity contribution in [2.24, 2.45) is 0 Å². The van der Waals surface area contributed by atoms with Crippen LogP contribution in [0.25, 0.3) is 0 Å². The summed E-state index contributed by atoms with van der Waals surface area (Å²) in [6, 6.07) is 2.25. The maximum absolute atomic E-state index is 6.07. The van der Waals surface area contributed by atoms with Gasteiger partial charge in [0.25, 0.3) is 0 Å². The van der Waals surface area contributed by atoms with Gasteiger partial charge in [-0.05, 0) is 43.2 Å². The first-order valence-electron chi connectivity index (χ1n) is 5.48. The first-order chi connectivity index (χ1) is 7.24. The first kappa shape index (κ1) is 11.4. The fraction of sp³-hybridized carbons (Fsp3) is 0.667. The highest BCUT2D eigenvalue weighted by molar-refractivity contribution is 7.10. The minimum atomic E-state index is -0.0900. The Hall–Kier alpha value is -0.0500. The second kappa shape index (κ2) is 4.86. The Bertz CT molecular complexity index is 315. The predicted octanol–water partition coefficient (Wildman–Crippen LogP) is 3.78.